The van der Waals surface area contributed by atoms with Crippen molar-refractivity contribution in [1.29, 1.82) is 0 Å². The number of benzene rings is 5. The number of para-hydroxylation sites is 2. The molecule has 1 aliphatic rings. The number of unbranched alkanes of at least 4 members (excludes halogenated alkanes) is 2. The number of hydrogen-bond acceptors (Lipinski definition) is 8. The van der Waals surface area contributed by atoms with E-state index in [2.05, 4.69) is 39.8 Å². The van der Waals surface area contributed by atoms with Gasteiger partial charge >= 0.3 is 0 Å². The third-order valence-corrected chi connectivity index (χ3v) is 10.9. The van der Waals surface area contributed by atoms with Crippen molar-refractivity contribution < 1.29 is 29.3 Å². The van der Waals surface area contributed by atoms with E-state index in [-0.39, 0.29) is 36.7 Å². The first kappa shape index (κ1) is 42.3. The van der Waals surface area contributed by atoms with Crippen molar-refractivity contribution in [3.63, 3.8) is 0 Å². The van der Waals surface area contributed by atoms with Crippen LogP contribution in [0.2, 0.25) is 0 Å². The van der Waals surface area contributed by atoms with Crippen LogP contribution >= 0.6 is 0 Å². The van der Waals surface area contributed by atoms with Gasteiger partial charge in [0.15, 0.2) is 6.29 Å². The van der Waals surface area contributed by atoms with Crippen LogP contribution in [0.1, 0.15) is 91.8 Å². The molecule has 5 atom stereocenters. The number of nitrogens with zero attached hydrogens (tertiary/aromatic N) is 1. The van der Waals surface area contributed by atoms with Gasteiger partial charge in [-0.15, -0.1) is 0 Å². The lowest BCUT2D eigenvalue weighted by Gasteiger charge is -2.39. The number of hydrogen-bond donors (Lipinski definition) is 5. The molecule has 10 heteroatoms. The van der Waals surface area contributed by atoms with Gasteiger partial charge in [0.1, 0.15) is 0 Å². The second-order valence-corrected chi connectivity index (χ2v) is 15.2. The molecule has 1 heterocycles. The smallest absolute Gasteiger partial charge is 0.224 e. The molecule has 1 fully saturated rings. The lowest BCUT2D eigenvalue weighted by molar-refractivity contribution is -0.253. The van der Waals surface area contributed by atoms with E-state index < -0.39 is 12.4 Å². The maximum absolute atomic E-state index is 12.7. The molecule has 6 rings (SSSR count). The Hall–Kier alpha value is -5.36. The van der Waals surface area contributed by atoms with Gasteiger partial charge in [-0.2, -0.15) is 0 Å². The standard InChI is InChI=1S/C48H56N4O6/c1-33(47(56)37-14-5-3-6-15-37)52(2)31-41-29-44(36-25-23-34(32-53)24-26-36)58-48(57-41)40-18-12-17-39(28-40)38-16-11-13-35(27-38)30-50-45(54)21-7-4-8-22-46(55)51-43-20-10-9-19-42(43)49/h3,5-6,9-20,23-28,33,41,44,47-48,53,56H,4,7-8,21-22,29-32,49H2,1-2H3,(H,50,54)(H,51,55). The summed E-state index contributed by atoms with van der Waals surface area (Å²) in [5.74, 6) is -0.107. The Morgan fingerprint density at radius 1 is 0.776 bits per heavy atom. The van der Waals surface area contributed by atoms with Crippen LogP contribution in [0.4, 0.5) is 11.4 Å². The quantitative estimate of drug-likeness (QED) is 0.0442. The van der Waals surface area contributed by atoms with Gasteiger partial charge in [-0.3, -0.25) is 14.5 Å². The van der Waals surface area contributed by atoms with Gasteiger partial charge < -0.3 is 36.1 Å². The van der Waals surface area contributed by atoms with Crippen molar-refractivity contribution in [3.8, 4) is 11.1 Å². The zero-order chi connectivity index (χ0) is 40.9. The van der Waals surface area contributed by atoms with E-state index in [1.54, 1.807) is 12.1 Å². The van der Waals surface area contributed by atoms with E-state index >= 15 is 0 Å². The van der Waals surface area contributed by atoms with E-state index in [1.807, 2.05) is 105 Å². The predicted octanol–water partition coefficient (Wildman–Crippen LogP) is 8.23. The number of carbonyl (C=O) groups is 2. The molecular weight excluding hydrogens is 729 g/mol. The zero-order valence-electron chi connectivity index (χ0n) is 33.4. The number of aliphatic hydroxyl groups is 2. The molecule has 0 radical (unpaired) electrons. The SMILES string of the molecule is CC(C(O)c1ccccc1)N(C)CC1CC(c2ccc(CO)cc2)OC(c2cccc(-c3cccc(CNC(=O)CCCCCC(=O)Nc4ccccc4N)c3)c2)O1. The third-order valence-electron chi connectivity index (χ3n) is 10.9. The summed E-state index contributed by atoms with van der Waals surface area (Å²) in [5.41, 5.74) is 13.7. The average molecular weight is 785 g/mol. The number of likely N-dealkylation sites (N-methyl/N-ethyl adjacent to an activating group) is 1. The molecular formula is C48H56N4O6. The Kier molecular flexibility index (Phi) is 15.2. The van der Waals surface area contributed by atoms with Crippen LogP contribution in [0.3, 0.4) is 0 Å². The van der Waals surface area contributed by atoms with Gasteiger partial charge in [-0.05, 0) is 84.5 Å². The Balaban J connectivity index is 1.05. The van der Waals surface area contributed by atoms with Crippen LogP contribution < -0.4 is 16.4 Å². The number of nitrogens with two attached hydrogens (primary N) is 1. The van der Waals surface area contributed by atoms with Crippen LogP contribution in [0.5, 0.6) is 0 Å². The lowest BCUT2D eigenvalue weighted by atomic mass is 9.97. The van der Waals surface area contributed by atoms with Gasteiger partial charge in [0.05, 0.1) is 36.3 Å². The largest absolute Gasteiger partial charge is 0.397 e. The summed E-state index contributed by atoms with van der Waals surface area (Å²) in [6.45, 7) is 3.00. The van der Waals surface area contributed by atoms with Crippen LogP contribution in [0.15, 0.2) is 127 Å². The van der Waals surface area contributed by atoms with E-state index in [9.17, 15) is 19.8 Å². The Bertz CT molecular complexity index is 2080. The highest BCUT2D eigenvalue weighted by Crippen LogP contribution is 2.39. The fraction of sp³-hybridized carbons (Fsp3) is 0.333. The highest BCUT2D eigenvalue weighted by atomic mass is 16.7. The van der Waals surface area contributed by atoms with Crippen LogP contribution in [-0.2, 0) is 32.2 Å². The molecule has 10 nitrogen and oxygen atoms in total. The van der Waals surface area contributed by atoms with Crippen molar-refractivity contribution in [2.75, 3.05) is 24.6 Å². The van der Waals surface area contributed by atoms with Gasteiger partial charge in [0.25, 0.3) is 0 Å². The van der Waals surface area contributed by atoms with Gasteiger partial charge in [-0.25, -0.2) is 0 Å². The zero-order valence-corrected chi connectivity index (χ0v) is 33.4. The van der Waals surface area contributed by atoms with Crippen molar-refractivity contribution >= 4 is 23.2 Å². The van der Waals surface area contributed by atoms with E-state index in [4.69, 9.17) is 15.2 Å². The maximum Gasteiger partial charge on any atom is 0.224 e. The van der Waals surface area contributed by atoms with Crippen molar-refractivity contribution in [1.82, 2.24) is 10.2 Å². The number of rotatable bonds is 18. The number of aliphatic hydroxyl groups excluding tert-OH is 2. The normalized spacial score (nSPS) is 17.7. The van der Waals surface area contributed by atoms with Crippen molar-refractivity contribution in [2.45, 2.75) is 89.2 Å². The molecule has 58 heavy (non-hydrogen) atoms. The average Bonchev–Trinajstić information content (AvgIpc) is 3.26. The minimum atomic E-state index is -0.651. The molecule has 5 aromatic carbocycles. The second-order valence-electron chi connectivity index (χ2n) is 15.2. The summed E-state index contributed by atoms with van der Waals surface area (Å²) < 4.78 is 13.3. The molecule has 0 spiro atoms. The number of amides is 2. The van der Waals surface area contributed by atoms with E-state index in [0.717, 1.165) is 45.4 Å². The molecule has 5 unspecified atom stereocenters. The lowest BCUT2D eigenvalue weighted by Crippen LogP contribution is -2.43. The van der Waals surface area contributed by atoms with Crippen molar-refractivity contribution in [3.05, 3.63) is 155 Å². The topological polar surface area (TPSA) is 146 Å². The van der Waals surface area contributed by atoms with Crippen molar-refractivity contribution in [2.24, 2.45) is 0 Å². The molecule has 5 aromatic rings. The first-order valence-electron chi connectivity index (χ1n) is 20.2. The molecule has 304 valence electrons. The molecule has 6 N–H and O–H groups in total. The Morgan fingerprint density at radius 2 is 1.47 bits per heavy atom. The number of carbonyl (C=O) groups excluding carboxylic acids is 2. The van der Waals surface area contributed by atoms with Crippen LogP contribution in [-0.4, -0.2) is 52.7 Å². The van der Waals surface area contributed by atoms with Gasteiger partial charge in [0, 0.05) is 44.0 Å². The minimum Gasteiger partial charge on any atom is -0.397 e. The summed E-state index contributed by atoms with van der Waals surface area (Å²) in [5, 5.41) is 26.7. The molecule has 0 aromatic heterocycles. The van der Waals surface area contributed by atoms with Crippen LogP contribution in [0, 0.1) is 0 Å². The van der Waals surface area contributed by atoms with E-state index in [0.29, 0.717) is 56.6 Å². The Labute approximate surface area is 342 Å². The molecule has 0 bridgehead atoms. The summed E-state index contributed by atoms with van der Waals surface area (Å²) in [7, 11) is 2.01. The molecule has 0 aliphatic carbocycles. The molecule has 1 aliphatic heterocycles. The molecule has 2 amide bonds. The highest BCUT2D eigenvalue weighted by molar-refractivity contribution is 5.93. The molecule has 1 saturated heterocycles. The fourth-order valence-electron chi connectivity index (χ4n) is 7.28. The summed E-state index contributed by atoms with van der Waals surface area (Å²) in [4.78, 5) is 27.1. The molecule has 0 saturated carbocycles. The summed E-state index contributed by atoms with van der Waals surface area (Å²) >= 11 is 0. The summed E-state index contributed by atoms with van der Waals surface area (Å²) in [6, 6.07) is 40.9. The highest BCUT2D eigenvalue weighted by Gasteiger charge is 2.34. The fourth-order valence-corrected chi connectivity index (χ4v) is 7.28. The van der Waals surface area contributed by atoms with Gasteiger partial charge in [0.2, 0.25) is 11.8 Å². The summed E-state index contributed by atoms with van der Waals surface area (Å²) in [6.07, 6.45) is 1.85. The third kappa shape index (κ3) is 11.8. The number of anilines is 2. The first-order valence-corrected chi connectivity index (χ1v) is 20.2. The van der Waals surface area contributed by atoms with E-state index in [1.165, 1.54) is 0 Å². The minimum absolute atomic E-state index is 0.0229. The number of nitrogens with one attached hydrogen (secondary N) is 2. The first-order chi connectivity index (χ1) is 28.2. The van der Waals surface area contributed by atoms with Crippen LogP contribution in [0.25, 0.3) is 11.1 Å². The number of nitrogen functional groups attached to an aromatic ring is 1. The van der Waals surface area contributed by atoms with Gasteiger partial charge in [-0.1, -0.05) is 110 Å². The predicted molar refractivity (Wildman–Crippen MR) is 228 cm³/mol. The second kappa shape index (κ2) is 20.9. The monoisotopic (exact) mass is 784 g/mol. The number of ether oxygens (including phenoxy) is 2. The Morgan fingerprint density at radius 3 is 2.21 bits per heavy atom. The maximum atomic E-state index is 12.7.